The molecule has 43 heavy (non-hydrogen) atoms. The van der Waals surface area contributed by atoms with E-state index in [1.54, 1.807) is 24.0 Å². The Morgan fingerprint density at radius 3 is 2.28 bits per heavy atom. The zero-order chi connectivity index (χ0) is 30.9. The first-order valence-corrected chi connectivity index (χ1v) is 15.6. The third-order valence-corrected chi connectivity index (χ3v) is 9.41. The van der Waals surface area contributed by atoms with Gasteiger partial charge in [-0.3, -0.25) is 9.59 Å². The molecule has 2 atom stereocenters. The summed E-state index contributed by atoms with van der Waals surface area (Å²) in [6, 6.07) is 14.1. The fourth-order valence-corrected chi connectivity index (χ4v) is 7.10. The molecule has 1 aliphatic carbocycles. The van der Waals surface area contributed by atoms with Crippen LogP contribution in [0, 0.1) is 29.2 Å². The Morgan fingerprint density at radius 2 is 1.63 bits per heavy atom. The van der Waals surface area contributed by atoms with Crippen molar-refractivity contribution in [1.82, 2.24) is 4.90 Å². The summed E-state index contributed by atoms with van der Waals surface area (Å²) >= 11 is 1.91. The van der Waals surface area contributed by atoms with E-state index >= 15 is 0 Å². The van der Waals surface area contributed by atoms with Crippen molar-refractivity contribution in [3.05, 3.63) is 91.8 Å². The smallest absolute Gasteiger partial charge is 0.382 e. The van der Waals surface area contributed by atoms with E-state index in [4.69, 9.17) is 0 Å². The number of rotatable bonds is 6. The predicted molar refractivity (Wildman–Crippen MR) is 167 cm³/mol. The molecule has 2 aliphatic rings. The number of anilines is 2. The van der Waals surface area contributed by atoms with Crippen molar-refractivity contribution in [3.63, 3.8) is 0 Å². The Labute approximate surface area is 262 Å². The summed E-state index contributed by atoms with van der Waals surface area (Å²) < 4.78 is 56.4. The van der Waals surface area contributed by atoms with Crippen molar-refractivity contribution >= 4 is 45.8 Å². The van der Waals surface area contributed by atoms with Gasteiger partial charge in [0, 0.05) is 21.8 Å². The minimum atomic E-state index is -4.57. The van der Waals surface area contributed by atoms with Gasteiger partial charge in [-0.25, -0.2) is 4.39 Å². The molecule has 1 aliphatic heterocycles. The third-order valence-electron chi connectivity index (χ3n) is 8.52. The third kappa shape index (κ3) is 6.84. The van der Waals surface area contributed by atoms with Gasteiger partial charge < -0.3 is 15.5 Å². The predicted octanol–water partition coefficient (Wildman–Crippen LogP) is 8.65. The Kier molecular flexibility index (Phi) is 9.34. The van der Waals surface area contributed by atoms with Gasteiger partial charge in [0.2, 0.25) is 5.91 Å². The molecule has 0 radical (unpaired) electrons. The Morgan fingerprint density at radius 1 is 0.930 bits per heavy atom. The second kappa shape index (κ2) is 12.8. The second-order valence-electron chi connectivity index (χ2n) is 11.5. The second-order valence-corrected chi connectivity index (χ2v) is 12.7. The highest BCUT2D eigenvalue weighted by Gasteiger charge is 2.41. The summed E-state index contributed by atoms with van der Waals surface area (Å²) in [5.41, 5.74) is 1.38. The van der Waals surface area contributed by atoms with Crippen molar-refractivity contribution in [2.75, 3.05) is 17.2 Å². The molecule has 1 saturated carbocycles. The number of hydrogen-bond donors (Lipinski definition) is 2. The van der Waals surface area contributed by atoms with Crippen LogP contribution in [-0.2, 0) is 11.0 Å². The number of aryl methyl sites for hydroxylation is 2. The molecule has 10 heteroatoms. The minimum Gasteiger partial charge on any atom is -0.382 e. The van der Waals surface area contributed by atoms with E-state index in [-0.39, 0.29) is 16.8 Å². The summed E-state index contributed by atoms with van der Waals surface area (Å²) in [5.74, 6) is -2.42. The van der Waals surface area contributed by atoms with E-state index in [1.807, 2.05) is 46.9 Å². The van der Waals surface area contributed by atoms with Crippen molar-refractivity contribution in [3.8, 4) is 0 Å². The fourth-order valence-electron chi connectivity index (χ4n) is 6.34. The van der Waals surface area contributed by atoms with Crippen molar-refractivity contribution < 1.29 is 27.2 Å². The average Bonchev–Trinajstić information content (AvgIpc) is 3.47. The van der Waals surface area contributed by atoms with Gasteiger partial charge in [0.1, 0.15) is 5.82 Å². The average molecular weight is 708 g/mol. The van der Waals surface area contributed by atoms with E-state index in [9.17, 15) is 27.2 Å². The van der Waals surface area contributed by atoms with Gasteiger partial charge in [-0.05, 0) is 109 Å². The van der Waals surface area contributed by atoms with E-state index in [0.717, 1.165) is 24.6 Å². The van der Waals surface area contributed by atoms with Crippen LogP contribution < -0.4 is 10.6 Å². The van der Waals surface area contributed by atoms with Crippen LogP contribution in [0.5, 0.6) is 0 Å². The summed E-state index contributed by atoms with van der Waals surface area (Å²) in [7, 11) is 0. The number of carbonyl (C=O) groups excluding carboxylic acids is 2. The zero-order valence-electron chi connectivity index (χ0n) is 24.0. The molecule has 5 nitrogen and oxygen atoms in total. The van der Waals surface area contributed by atoms with E-state index in [2.05, 4.69) is 10.6 Å². The molecule has 2 amide bonds. The first-order valence-electron chi connectivity index (χ1n) is 14.5. The maximum absolute atomic E-state index is 15.0. The van der Waals surface area contributed by atoms with Crippen LogP contribution in [0.15, 0.2) is 54.6 Å². The van der Waals surface area contributed by atoms with Crippen LogP contribution in [0.3, 0.4) is 0 Å². The Balaban J connectivity index is 1.50. The summed E-state index contributed by atoms with van der Waals surface area (Å²) in [5, 5.41) is 6.27. The number of likely N-dealkylation sites (tertiary alicyclic amines) is 1. The number of benzene rings is 3. The quantitative estimate of drug-likeness (QED) is 0.199. The van der Waals surface area contributed by atoms with E-state index in [1.165, 1.54) is 31.9 Å². The normalized spacial score (nSPS) is 19.4. The molecule has 3 aromatic rings. The van der Waals surface area contributed by atoms with Crippen LogP contribution in [-0.4, -0.2) is 29.3 Å². The number of halogens is 5. The summed E-state index contributed by atoms with van der Waals surface area (Å²) in [6.07, 6.45) is 0.893. The molecule has 2 fully saturated rings. The standard InChI is InChI=1S/C33H34F4IN3O2/c1-19-7-5-11-26(34)29(19)32(43)41-16-6-10-24(30(41)21-12-14-23(15-13-21)39-22-8-3-4-9-22)31(42)40-28-18-25(33(35,36)37)20(2)17-27(28)38/h5,7,11-15,17-18,22,24,30,39H,3-4,6,8-10,16H2,1-2H3,(H,40,42)/t24-,30-/m0/s1. The minimum absolute atomic E-state index is 0.0454. The molecule has 228 valence electrons. The number of alkyl halides is 3. The monoisotopic (exact) mass is 707 g/mol. The molecule has 0 spiro atoms. The van der Waals surface area contributed by atoms with Crippen LogP contribution >= 0.6 is 22.6 Å². The molecule has 0 aromatic heterocycles. The highest BCUT2D eigenvalue weighted by molar-refractivity contribution is 14.1. The molecule has 5 rings (SSSR count). The molecule has 2 N–H and O–H groups in total. The lowest BCUT2D eigenvalue weighted by Gasteiger charge is -2.41. The van der Waals surface area contributed by atoms with Crippen LogP contribution in [0.2, 0.25) is 0 Å². The van der Waals surface area contributed by atoms with Gasteiger partial charge in [-0.1, -0.05) is 37.1 Å². The van der Waals surface area contributed by atoms with E-state index in [0.29, 0.717) is 40.1 Å². The number of amides is 2. The highest BCUT2D eigenvalue weighted by Crippen LogP contribution is 2.40. The van der Waals surface area contributed by atoms with Crippen LogP contribution in [0.25, 0.3) is 0 Å². The Bertz CT molecular complexity index is 1480. The largest absolute Gasteiger partial charge is 0.416 e. The maximum Gasteiger partial charge on any atom is 0.416 e. The first kappa shape index (κ1) is 31.3. The lowest BCUT2D eigenvalue weighted by molar-refractivity contribution is -0.138. The first-order chi connectivity index (χ1) is 20.4. The molecular weight excluding hydrogens is 673 g/mol. The number of hydrogen-bond acceptors (Lipinski definition) is 3. The van der Waals surface area contributed by atoms with Crippen LogP contribution in [0.4, 0.5) is 28.9 Å². The Hall–Kier alpha value is -3.15. The molecule has 0 bridgehead atoms. The number of nitrogens with zero attached hydrogens (tertiary/aromatic N) is 1. The fraction of sp³-hybridized carbons (Fsp3) is 0.394. The molecular formula is C33H34F4IN3O2. The molecule has 1 saturated heterocycles. The van der Waals surface area contributed by atoms with Gasteiger partial charge in [-0.2, -0.15) is 13.2 Å². The highest BCUT2D eigenvalue weighted by atomic mass is 127. The van der Waals surface area contributed by atoms with E-state index < -0.39 is 41.3 Å². The van der Waals surface area contributed by atoms with Gasteiger partial charge in [0.25, 0.3) is 5.91 Å². The lowest BCUT2D eigenvalue weighted by Crippen LogP contribution is -2.46. The molecule has 1 heterocycles. The van der Waals surface area contributed by atoms with Crippen LogP contribution in [0.1, 0.15) is 77.2 Å². The topological polar surface area (TPSA) is 61.4 Å². The summed E-state index contributed by atoms with van der Waals surface area (Å²) in [6.45, 7) is 3.36. The molecule has 0 unspecified atom stereocenters. The zero-order valence-corrected chi connectivity index (χ0v) is 26.2. The number of carbonyl (C=O) groups is 2. The van der Waals surface area contributed by atoms with Crippen molar-refractivity contribution in [2.45, 2.75) is 70.6 Å². The summed E-state index contributed by atoms with van der Waals surface area (Å²) in [4.78, 5) is 29.3. The van der Waals surface area contributed by atoms with Crippen molar-refractivity contribution in [1.29, 1.82) is 0 Å². The lowest BCUT2D eigenvalue weighted by atomic mass is 9.83. The van der Waals surface area contributed by atoms with Gasteiger partial charge >= 0.3 is 6.18 Å². The number of piperidine rings is 1. The van der Waals surface area contributed by atoms with Gasteiger partial charge in [0.05, 0.1) is 28.8 Å². The van der Waals surface area contributed by atoms with Crippen molar-refractivity contribution in [2.24, 2.45) is 5.92 Å². The van der Waals surface area contributed by atoms with Gasteiger partial charge in [0.15, 0.2) is 0 Å². The maximum atomic E-state index is 15.0. The van der Waals surface area contributed by atoms with Gasteiger partial charge in [-0.15, -0.1) is 0 Å². The number of nitrogens with one attached hydrogen (secondary N) is 2. The molecule has 3 aromatic carbocycles. The SMILES string of the molecule is Cc1cc(I)c(NC(=O)[C@H]2CCCN(C(=O)c3c(C)cccc3F)[C@H]2c2ccc(NC3CCCC3)cc2)cc1C(F)(F)F.